The summed E-state index contributed by atoms with van der Waals surface area (Å²) in [4.78, 5) is 37.5. The molecule has 0 aliphatic rings. The Kier molecular flexibility index (Phi) is 4.76. The van der Waals surface area contributed by atoms with Crippen LogP contribution in [0.5, 0.6) is 0 Å². The third-order valence-corrected chi connectivity index (χ3v) is 4.19. The number of aromatic nitrogens is 4. The number of rotatable bonds is 5. The number of nitrogens with zero attached hydrogens (tertiary/aromatic N) is 4. The van der Waals surface area contributed by atoms with Gasteiger partial charge in [-0.2, -0.15) is 0 Å². The highest BCUT2D eigenvalue weighted by Gasteiger charge is 2.11. The lowest BCUT2D eigenvalue weighted by molar-refractivity contribution is -0.121. The van der Waals surface area contributed by atoms with E-state index in [4.69, 9.17) is 0 Å². The molecule has 0 aliphatic carbocycles. The third kappa shape index (κ3) is 3.72. The first-order valence-electron chi connectivity index (χ1n) is 7.27. The SMILES string of the molecule is Cc1cc(=O)n(CC(=O)NCc2nccnc2-c2cccs2)cn1. The van der Waals surface area contributed by atoms with Crippen molar-refractivity contribution in [3.05, 3.63) is 64.0 Å². The second kappa shape index (κ2) is 7.14. The van der Waals surface area contributed by atoms with Crippen molar-refractivity contribution in [2.24, 2.45) is 0 Å². The molecule has 0 fully saturated rings. The van der Waals surface area contributed by atoms with E-state index in [9.17, 15) is 9.59 Å². The largest absolute Gasteiger partial charge is 0.349 e. The van der Waals surface area contributed by atoms with Gasteiger partial charge in [0.25, 0.3) is 5.56 Å². The average Bonchev–Trinajstić information content (AvgIpc) is 3.10. The third-order valence-electron chi connectivity index (χ3n) is 3.31. The van der Waals surface area contributed by atoms with Crippen molar-refractivity contribution in [3.63, 3.8) is 0 Å². The average molecular weight is 341 g/mol. The lowest BCUT2D eigenvalue weighted by atomic mass is 10.2. The van der Waals surface area contributed by atoms with Gasteiger partial charge in [0.2, 0.25) is 5.91 Å². The molecule has 1 amide bonds. The Labute approximate surface area is 142 Å². The van der Waals surface area contributed by atoms with E-state index in [2.05, 4.69) is 20.3 Å². The fourth-order valence-corrected chi connectivity index (χ4v) is 2.89. The van der Waals surface area contributed by atoms with Crippen molar-refractivity contribution in [1.82, 2.24) is 24.8 Å². The zero-order valence-corrected chi connectivity index (χ0v) is 13.8. The van der Waals surface area contributed by atoms with Crippen molar-refractivity contribution >= 4 is 17.2 Å². The predicted molar refractivity (Wildman–Crippen MR) is 90.4 cm³/mol. The fourth-order valence-electron chi connectivity index (χ4n) is 2.14. The van der Waals surface area contributed by atoms with E-state index < -0.39 is 0 Å². The smallest absolute Gasteiger partial charge is 0.253 e. The van der Waals surface area contributed by atoms with Gasteiger partial charge >= 0.3 is 0 Å². The van der Waals surface area contributed by atoms with E-state index in [0.717, 1.165) is 10.6 Å². The molecule has 0 radical (unpaired) electrons. The summed E-state index contributed by atoms with van der Waals surface area (Å²) in [6.07, 6.45) is 4.58. The topological polar surface area (TPSA) is 89.8 Å². The van der Waals surface area contributed by atoms with Gasteiger partial charge in [-0.05, 0) is 18.4 Å². The summed E-state index contributed by atoms with van der Waals surface area (Å²) in [7, 11) is 0. The van der Waals surface area contributed by atoms with Crippen molar-refractivity contribution < 1.29 is 4.79 Å². The number of aryl methyl sites for hydroxylation is 1. The minimum atomic E-state index is -0.287. The van der Waals surface area contributed by atoms with Gasteiger partial charge in [0, 0.05) is 24.2 Å². The Hall–Kier alpha value is -2.87. The van der Waals surface area contributed by atoms with Crippen LogP contribution in [0.15, 0.2) is 47.1 Å². The van der Waals surface area contributed by atoms with Crippen molar-refractivity contribution in [1.29, 1.82) is 0 Å². The number of hydrogen-bond acceptors (Lipinski definition) is 6. The van der Waals surface area contributed by atoms with E-state index in [1.807, 2.05) is 17.5 Å². The van der Waals surface area contributed by atoms with Crippen LogP contribution in [0.25, 0.3) is 10.6 Å². The zero-order valence-electron chi connectivity index (χ0n) is 13.0. The summed E-state index contributed by atoms with van der Waals surface area (Å²) in [5, 5.41) is 4.73. The lowest BCUT2D eigenvalue weighted by Crippen LogP contribution is -2.32. The van der Waals surface area contributed by atoms with Crippen LogP contribution in [-0.2, 0) is 17.9 Å². The van der Waals surface area contributed by atoms with E-state index in [1.165, 1.54) is 17.0 Å². The summed E-state index contributed by atoms with van der Waals surface area (Å²) in [5.74, 6) is -0.287. The maximum absolute atomic E-state index is 12.1. The van der Waals surface area contributed by atoms with Gasteiger partial charge < -0.3 is 5.32 Å². The Bertz CT molecular complexity index is 905. The molecular weight excluding hydrogens is 326 g/mol. The van der Waals surface area contributed by atoms with Crippen molar-refractivity contribution in [2.45, 2.75) is 20.0 Å². The normalized spacial score (nSPS) is 10.5. The van der Waals surface area contributed by atoms with Gasteiger partial charge in [0.1, 0.15) is 12.2 Å². The summed E-state index contributed by atoms with van der Waals surface area (Å²) in [6, 6.07) is 5.29. The molecule has 122 valence electrons. The summed E-state index contributed by atoms with van der Waals surface area (Å²) >= 11 is 1.56. The van der Waals surface area contributed by atoms with E-state index in [-0.39, 0.29) is 24.6 Å². The first kappa shape index (κ1) is 16.0. The molecule has 0 saturated heterocycles. The van der Waals surface area contributed by atoms with Gasteiger partial charge in [-0.25, -0.2) is 4.98 Å². The highest BCUT2D eigenvalue weighted by molar-refractivity contribution is 7.13. The lowest BCUT2D eigenvalue weighted by Gasteiger charge is -2.09. The van der Waals surface area contributed by atoms with Crippen molar-refractivity contribution in [2.75, 3.05) is 0 Å². The minimum absolute atomic E-state index is 0.0826. The maximum Gasteiger partial charge on any atom is 0.253 e. The molecule has 0 saturated carbocycles. The summed E-state index contributed by atoms with van der Waals surface area (Å²) in [5.41, 5.74) is 1.80. The van der Waals surface area contributed by atoms with Crippen LogP contribution in [-0.4, -0.2) is 25.4 Å². The number of hydrogen-bond donors (Lipinski definition) is 1. The Balaban J connectivity index is 1.68. The number of thiophene rings is 1. The Morgan fingerprint density at radius 1 is 1.29 bits per heavy atom. The van der Waals surface area contributed by atoms with Crippen molar-refractivity contribution in [3.8, 4) is 10.6 Å². The highest BCUT2D eigenvalue weighted by Crippen LogP contribution is 2.24. The monoisotopic (exact) mass is 341 g/mol. The van der Waals surface area contributed by atoms with E-state index in [0.29, 0.717) is 11.4 Å². The van der Waals surface area contributed by atoms with Crippen LogP contribution in [0.1, 0.15) is 11.4 Å². The Morgan fingerprint density at radius 2 is 2.12 bits per heavy atom. The predicted octanol–water partition coefficient (Wildman–Crippen LogP) is 1.39. The van der Waals surface area contributed by atoms with Gasteiger partial charge in [-0.1, -0.05) is 6.07 Å². The molecule has 0 atom stereocenters. The number of carbonyl (C=O) groups is 1. The Morgan fingerprint density at radius 3 is 2.88 bits per heavy atom. The molecule has 3 rings (SSSR count). The van der Waals surface area contributed by atoms with Crippen LogP contribution >= 0.6 is 11.3 Å². The molecule has 0 aliphatic heterocycles. The van der Waals surface area contributed by atoms with Crippen LogP contribution in [0.2, 0.25) is 0 Å². The quantitative estimate of drug-likeness (QED) is 0.757. The molecular formula is C16H15N5O2S. The molecule has 0 unspecified atom stereocenters. The van der Waals surface area contributed by atoms with Gasteiger partial charge in [0.15, 0.2) is 0 Å². The van der Waals surface area contributed by atoms with Gasteiger partial charge in [0.05, 0.1) is 23.4 Å². The van der Waals surface area contributed by atoms with E-state index >= 15 is 0 Å². The fraction of sp³-hybridized carbons (Fsp3) is 0.188. The molecule has 3 aromatic rings. The molecule has 0 spiro atoms. The maximum atomic E-state index is 12.1. The molecule has 7 nitrogen and oxygen atoms in total. The summed E-state index contributed by atoms with van der Waals surface area (Å²) < 4.78 is 1.26. The highest BCUT2D eigenvalue weighted by atomic mass is 32.1. The molecule has 1 N–H and O–H groups in total. The first-order chi connectivity index (χ1) is 11.6. The van der Waals surface area contributed by atoms with Crippen LogP contribution < -0.4 is 10.9 Å². The molecule has 24 heavy (non-hydrogen) atoms. The zero-order chi connectivity index (χ0) is 16.9. The van der Waals surface area contributed by atoms with Crippen LogP contribution in [0, 0.1) is 6.92 Å². The molecule has 0 aromatic carbocycles. The molecule has 0 bridgehead atoms. The molecule has 3 aromatic heterocycles. The summed E-state index contributed by atoms with van der Waals surface area (Å²) in [6.45, 7) is 1.89. The van der Waals surface area contributed by atoms with Crippen LogP contribution in [0.3, 0.4) is 0 Å². The standard InChI is InChI=1S/C16H15N5O2S/c1-11-7-15(23)21(10-20-11)9-14(22)19-8-12-16(18-5-4-17-12)13-3-2-6-24-13/h2-7,10H,8-9H2,1H3,(H,19,22). The van der Waals surface area contributed by atoms with Gasteiger partial charge in [-0.15, -0.1) is 11.3 Å². The number of amides is 1. The second-order valence-corrected chi connectivity index (χ2v) is 6.05. The number of carbonyl (C=O) groups excluding carboxylic acids is 1. The van der Waals surface area contributed by atoms with E-state index in [1.54, 1.807) is 30.7 Å². The number of nitrogens with one attached hydrogen (secondary N) is 1. The minimum Gasteiger partial charge on any atom is -0.349 e. The van der Waals surface area contributed by atoms with Crippen LogP contribution in [0.4, 0.5) is 0 Å². The van der Waals surface area contributed by atoms with Gasteiger partial charge in [-0.3, -0.25) is 24.1 Å². The molecule has 3 heterocycles. The molecule has 8 heteroatoms. The second-order valence-electron chi connectivity index (χ2n) is 5.10. The first-order valence-corrected chi connectivity index (χ1v) is 8.15.